The number of anilines is 1. The van der Waals surface area contributed by atoms with Gasteiger partial charge in [0.25, 0.3) is 5.91 Å². The Morgan fingerprint density at radius 1 is 1.32 bits per heavy atom. The van der Waals surface area contributed by atoms with Crippen LogP contribution in [0.5, 0.6) is 0 Å². The van der Waals surface area contributed by atoms with E-state index in [0.29, 0.717) is 29.5 Å². The lowest BCUT2D eigenvalue weighted by atomic mass is 10.2. The Morgan fingerprint density at radius 2 is 2.00 bits per heavy atom. The number of rotatable bonds is 8. The van der Waals surface area contributed by atoms with Gasteiger partial charge in [0.15, 0.2) is 0 Å². The molecule has 0 saturated heterocycles. The van der Waals surface area contributed by atoms with E-state index in [2.05, 4.69) is 20.8 Å². The monoisotopic (exact) mass is 391 g/mol. The molecule has 152 valence electrons. The first-order valence-electron chi connectivity index (χ1n) is 8.90. The molecule has 0 unspecified atom stereocenters. The average Bonchev–Trinajstić information content (AvgIpc) is 3.09. The molecule has 2 rings (SSSR count). The smallest absolute Gasteiger partial charge is 0.312 e. The van der Waals surface area contributed by atoms with Crippen molar-refractivity contribution in [1.82, 2.24) is 24.9 Å². The molecule has 0 aromatic carbocycles. The zero-order valence-corrected chi connectivity index (χ0v) is 16.6. The number of carbonyl (C=O) groups is 2. The van der Waals surface area contributed by atoms with Gasteiger partial charge >= 0.3 is 5.69 Å². The van der Waals surface area contributed by atoms with Gasteiger partial charge in [-0.3, -0.25) is 29.1 Å². The molecule has 0 spiro atoms. The third-order valence-corrected chi connectivity index (χ3v) is 4.18. The molecule has 2 heterocycles. The molecule has 0 fully saturated rings. The van der Waals surface area contributed by atoms with Crippen LogP contribution in [0.1, 0.15) is 42.1 Å². The van der Waals surface area contributed by atoms with E-state index in [1.54, 1.807) is 20.9 Å². The number of hydrogen-bond donors (Lipinski definition) is 2. The summed E-state index contributed by atoms with van der Waals surface area (Å²) >= 11 is 0. The normalized spacial score (nSPS) is 10.9. The Labute approximate surface area is 162 Å². The van der Waals surface area contributed by atoms with Crippen LogP contribution in [0.4, 0.5) is 11.4 Å². The van der Waals surface area contributed by atoms with Crippen molar-refractivity contribution in [3.05, 3.63) is 33.4 Å². The standard InChI is InChI=1S/C17H25N7O4/c1-10(2)8-18-17(26)16-13(9-19-22(16)5)20-14(25)6-7-23-12(4)15(24(27)28)11(3)21-23/h9-10H,6-8H2,1-5H3,(H,18,26)(H,20,25). The van der Waals surface area contributed by atoms with Crippen molar-refractivity contribution in [3.63, 3.8) is 0 Å². The van der Waals surface area contributed by atoms with E-state index < -0.39 is 4.92 Å². The molecular weight excluding hydrogens is 366 g/mol. The fourth-order valence-corrected chi connectivity index (χ4v) is 2.77. The van der Waals surface area contributed by atoms with Crippen molar-refractivity contribution in [1.29, 1.82) is 0 Å². The molecule has 11 heteroatoms. The Morgan fingerprint density at radius 3 is 2.57 bits per heavy atom. The fraction of sp³-hybridized carbons (Fsp3) is 0.529. The van der Waals surface area contributed by atoms with Crippen LogP contribution >= 0.6 is 0 Å². The van der Waals surface area contributed by atoms with Gasteiger partial charge in [-0.2, -0.15) is 10.2 Å². The highest BCUT2D eigenvalue weighted by molar-refractivity contribution is 6.02. The first-order chi connectivity index (χ1) is 13.1. The average molecular weight is 391 g/mol. The number of aromatic nitrogens is 4. The molecule has 0 aliphatic rings. The molecule has 11 nitrogen and oxygen atoms in total. The van der Waals surface area contributed by atoms with Crippen LogP contribution in [0.3, 0.4) is 0 Å². The van der Waals surface area contributed by atoms with E-state index in [9.17, 15) is 19.7 Å². The molecule has 2 aromatic heterocycles. The Bertz CT molecular complexity index is 898. The molecule has 2 amide bonds. The van der Waals surface area contributed by atoms with E-state index >= 15 is 0 Å². The minimum Gasteiger partial charge on any atom is -0.350 e. The number of amides is 2. The summed E-state index contributed by atoms with van der Waals surface area (Å²) in [5.74, 6) is -0.376. The maximum Gasteiger partial charge on any atom is 0.312 e. The van der Waals surface area contributed by atoms with Gasteiger partial charge in [0, 0.05) is 20.0 Å². The summed E-state index contributed by atoms with van der Waals surface area (Å²) in [4.78, 5) is 35.3. The second kappa shape index (κ2) is 8.63. The third-order valence-electron chi connectivity index (χ3n) is 4.18. The van der Waals surface area contributed by atoms with E-state index in [1.165, 1.54) is 15.6 Å². The molecule has 0 aliphatic heterocycles. The summed E-state index contributed by atoms with van der Waals surface area (Å²) in [6.07, 6.45) is 1.46. The van der Waals surface area contributed by atoms with Gasteiger partial charge in [-0.15, -0.1) is 0 Å². The van der Waals surface area contributed by atoms with Crippen LogP contribution in [0, 0.1) is 29.9 Å². The number of nitrogens with one attached hydrogen (secondary N) is 2. The maximum absolute atomic E-state index is 12.4. The summed E-state index contributed by atoms with van der Waals surface area (Å²) in [6, 6.07) is 0. The van der Waals surface area contributed by atoms with Gasteiger partial charge in [0.1, 0.15) is 17.1 Å². The molecule has 0 aliphatic carbocycles. The van der Waals surface area contributed by atoms with Gasteiger partial charge in [0.05, 0.1) is 23.4 Å². The van der Waals surface area contributed by atoms with Gasteiger partial charge in [-0.25, -0.2) is 0 Å². The lowest BCUT2D eigenvalue weighted by Gasteiger charge is -2.10. The molecule has 0 bridgehead atoms. The summed E-state index contributed by atoms with van der Waals surface area (Å²) in [6.45, 7) is 7.80. The van der Waals surface area contributed by atoms with Crippen molar-refractivity contribution in [2.45, 2.75) is 40.7 Å². The molecule has 2 aromatic rings. The number of carbonyl (C=O) groups excluding carboxylic acids is 2. The number of aryl methyl sites for hydroxylation is 3. The van der Waals surface area contributed by atoms with E-state index in [1.807, 2.05) is 13.8 Å². The first kappa shape index (κ1) is 21.1. The van der Waals surface area contributed by atoms with Gasteiger partial charge in [0.2, 0.25) is 5.91 Å². The Hall–Kier alpha value is -3.24. The predicted molar refractivity (Wildman–Crippen MR) is 102 cm³/mol. The van der Waals surface area contributed by atoms with Crippen molar-refractivity contribution < 1.29 is 14.5 Å². The molecular formula is C17H25N7O4. The minimum atomic E-state index is -0.480. The fourth-order valence-electron chi connectivity index (χ4n) is 2.77. The summed E-state index contributed by atoms with van der Waals surface area (Å²) < 4.78 is 2.84. The maximum atomic E-state index is 12.4. The van der Waals surface area contributed by atoms with Crippen LogP contribution < -0.4 is 10.6 Å². The van der Waals surface area contributed by atoms with Crippen molar-refractivity contribution in [2.75, 3.05) is 11.9 Å². The van der Waals surface area contributed by atoms with Crippen LogP contribution in [0.15, 0.2) is 6.20 Å². The van der Waals surface area contributed by atoms with Crippen molar-refractivity contribution in [2.24, 2.45) is 13.0 Å². The van der Waals surface area contributed by atoms with Crippen LogP contribution in [-0.4, -0.2) is 42.8 Å². The second-order valence-electron chi connectivity index (χ2n) is 6.93. The van der Waals surface area contributed by atoms with Gasteiger partial charge in [-0.1, -0.05) is 13.8 Å². The zero-order chi connectivity index (χ0) is 21.0. The third kappa shape index (κ3) is 4.72. The summed E-state index contributed by atoms with van der Waals surface area (Å²) in [5, 5.41) is 24.7. The van der Waals surface area contributed by atoms with Crippen LogP contribution in [-0.2, 0) is 18.4 Å². The highest BCUT2D eigenvalue weighted by atomic mass is 16.6. The first-order valence-corrected chi connectivity index (χ1v) is 8.90. The Balaban J connectivity index is 2.04. The molecule has 28 heavy (non-hydrogen) atoms. The molecule has 0 saturated carbocycles. The SMILES string of the molecule is Cc1nn(CCC(=O)Nc2cnn(C)c2C(=O)NCC(C)C)c(C)c1[N+](=O)[O-]. The highest BCUT2D eigenvalue weighted by Gasteiger charge is 2.22. The van der Waals surface area contributed by atoms with E-state index in [0.717, 1.165) is 0 Å². The quantitative estimate of drug-likeness (QED) is 0.517. The van der Waals surface area contributed by atoms with Crippen molar-refractivity contribution >= 4 is 23.2 Å². The summed E-state index contributed by atoms with van der Waals surface area (Å²) in [7, 11) is 1.62. The van der Waals surface area contributed by atoms with E-state index in [4.69, 9.17) is 0 Å². The predicted octanol–water partition coefficient (Wildman–Crippen LogP) is 1.56. The summed E-state index contributed by atoms with van der Waals surface area (Å²) in [5.41, 5.74) is 1.23. The topological polar surface area (TPSA) is 137 Å². The van der Waals surface area contributed by atoms with Crippen molar-refractivity contribution in [3.8, 4) is 0 Å². The van der Waals surface area contributed by atoms with Crippen LogP contribution in [0.25, 0.3) is 0 Å². The lowest BCUT2D eigenvalue weighted by molar-refractivity contribution is -0.386. The number of nitro groups is 1. The van der Waals surface area contributed by atoms with E-state index in [-0.39, 0.29) is 36.2 Å². The van der Waals surface area contributed by atoms with Crippen LogP contribution in [0.2, 0.25) is 0 Å². The number of nitrogens with zero attached hydrogens (tertiary/aromatic N) is 5. The lowest BCUT2D eigenvalue weighted by Crippen LogP contribution is -2.30. The van der Waals surface area contributed by atoms with Gasteiger partial charge in [-0.05, 0) is 19.8 Å². The highest BCUT2D eigenvalue weighted by Crippen LogP contribution is 2.22. The number of hydrogen-bond acceptors (Lipinski definition) is 6. The minimum absolute atomic E-state index is 0.0427. The molecule has 2 N–H and O–H groups in total. The molecule has 0 radical (unpaired) electrons. The zero-order valence-electron chi connectivity index (χ0n) is 16.6. The Kier molecular flexibility index (Phi) is 6.49. The van der Waals surface area contributed by atoms with Gasteiger partial charge < -0.3 is 10.6 Å². The second-order valence-corrected chi connectivity index (χ2v) is 6.93. The largest absolute Gasteiger partial charge is 0.350 e. The molecule has 0 atom stereocenters.